The number of imidazole rings is 1. The largest absolute Gasteiger partial charge is 0.496 e. The van der Waals surface area contributed by atoms with Gasteiger partial charge in [0.1, 0.15) is 18.2 Å². The van der Waals surface area contributed by atoms with E-state index in [1.54, 1.807) is 7.11 Å². The summed E-state index contributed by atoms with van der Waals surface area (Å²) >= 11 is 0. The Morgan fingerprint density at radius 2 is 2.03 bits per heavy atom. The van der Waals surface area contributed by atoms with Crippen molar-refractivity contribution in [1.82, 2.24) is 19.3 Å². The predicted molar refractivity (Wildman–Crippen MR) is 121 cm³/mol. The van der Waals surface area contributed by atoms with Gasteiger partial charge in [-0.25, -0.2) is 4.98 Å². The van der Waals surface area contributed by atoms with Gasteiger partial charge in [0.25, 0.3) is 0 Å². The molecule has 0 unspecified atom stereocenters. The number of hydrogen-bond acceptors (Lipinski definition) is 5. The SMILES string of the molecule is CCn1nc(-c2ccccc2OC)cc1CC(=O)OCc1ccc2c(c1)nc1n2CCC1. The summed E-state index contributed by atoms with van der Waals surface area (Å²) in [6.45, 7) is 3.93. The van der Waals surface area contributed by atoms with Gasteiger partial charge in [0.2, 0.25) is 0 Å². The van der Waals surface area contributed by atoms with E-state index in [-0.39, 0.29) is 19.0 Å². The molecule has 2 aromatic heterocycles. The Labute approximate surface area is 186 Å². The van der Waals surface area contributed by atoms with E-state index in [0.717, 1.165) is 64.5 Å². The fourth-order valence-corrected chi connectivity index (χ4v) is 4.37. The number of rotatable bonds is 7. The minimum Gasteiger partial charge on any atom is -0.496 e. The molecule has 0 saturated heterocycles. The standard InChI is InChI=1S/C25H26N4O3/c1-3-29-18(14-20(27-29)19-7-4-5-8-23(19)31-2)15-25(30)32-16-17-10-11-22-21(13-17)26-24-9-6-12-28(22)24/h4-5,7-8,10-11,13-14H,3,6,9,12,15-16H2,1-2H3. The van der Waals surface area contributed by atoms with Crippen LogP contribution >= 0.6 is 0 Å². The van der Waals surface area contributed by atoms with Gasteiger partial charge in [-0.1, -0.05) is 18.2 Å². The highest BCUT2D eigenvalue weighted by Crippen LogP contribution is 2.29. The van der Waals surface area contributed by atoms with E-state index >= 15 is 0 Å². The van der Waals surface area contributed by atoms with Crippen molar-refractivity contribution in [2.75, 3.05) is 7.11 Å². The number of methoxy groups -OCH3 is 1. The molecule has 7 heteroatoms. The topological polar surface area (TPSA) is 71.2 Å². The number of nitrogens with zero attached hydrogens (tertiary/aromatic N) is 4. The Balaban J connectivity index is 1.28. The third kappa shape index (κ3) is 3.75. The van der Waals surface area contributed by atoms with Crippen LogP contribution in [0.25, 0.3) is 22.3 Å². The summed E-state index contributed by atoms with van der Waals surface area (Å²) in [4.78, 5) is 17.3. The molecule has 5 rings (SSSR count). The van der Waals surface area contributed by atoms with Crippen molar-refractivity contribution < 1.29 is 14.3 Å². The second-order valence-corrected chi connectivity index (χ2v) is 7.98. The number of hydrogen-bond donors (Lipinski definition) is 0. The van der Waals surface area contributed by atoms with Crippen molar-refractivity contribution in [2.45, 2.75) is 45.9 Å². The average Bonchev–Trinajstić information content (AvgIpc) is 3.52. The molecule has 3 heterocycles. The molecule has 7 nitrogen and oxygen atoms in total. The first-order valence-corrected chi connectivity index (χ1v) is 11.0. The summed E-state index contributed by atoms with van der Waals surface area (Å²) in [7, 11) is 1.64. The quantitative estimate of drug-likeness (QED) is 0.412. The molecule has 4 aromatic rings. The fourth-order valence-electron chi connectivity index (χ4n) is 4.37. The van der Waals surface area contributed by atoms with Crippen LogP contribution in [0.15, 0.2) is 48.5 Å². The Hall–Kier alpha value is -3.61. The zero-order valence-electron chi connectivity index (χ0n) is 18.4. The maximum Gasteiger partial charge on any atom is 0.312 e. The predicted octanol–water partition coefficient (Wildman–Crippen LogP) is 4.16. The lowest BCUT2D eigenvalue weighted by Crippen LogP contribution is -2.12. The van der Waals surface area contributed by atoms with Crippen LogP contribution in [0, 0.1) is 0 Å². The van der Waals surface area contributed by atoms with E-state index in [9.17, 15) is 4.79 Å². The van der Waals surface area contributed by atoms with Crippen molar-refractivity contribution in [2.24, 2.45) is 0 Å². The zero-order valence-corrected chi connectivity index (χ0v) is 18.4. The molecule has 0 radical (unpaired) electrons. The first-order chi connectivity index (χ1) is 15.7. The number of benzene rings is 2. The number of aromatic nitrogens is 4. The van der Waals surface area contributed by atoms with E-state index < -0.39 is 0 Å². The van der Waals surface area contributed by atoms with Gasteiger partial charge >= 0.3 is 5.97 Å². The van der Waals surface area contributed by atoms with Gasteiger partial charge in [0, 0.05) is 25.1 Å². The van der Waals surface area contributed by atoms with E-state index in [2.05, 4.69) is 15.7 Å². The van der Waals surface area contributed by atoms with Crippen LogP contribution in [0.2, 0.25) is 0 Å². The molecule has 1 aliphatic rings. The minimum atomic E-state index is -0.279. The summed E-state index contributed by atoms with van der Waals surface area (Å²) in [6.07, 6.45) is 2.35. The van der Waals surface area contributed by atoms with Crippen LogP contribution in [-0.2, 0) is 42.1 Å². The molecule has 32 heavy (non-hydrogen) atoms. The number of carbonyl (C=O) groups excluding carboxylic acids is 1. The third-order valence-corrected chi connectivity index (χ3v) is 5.94. The number of esters is 1. The first-order valence-electron chi connectivity index (χ1n) is 11.0. The third-order valence-electron chi connectivity index (χ3n) is 5.94. The van der Waals surface area contributed by atoms with E-state index in [4.69, 9.17) is 14.5 Å². The van der Waals surface area contributed by atoms with Crippen molar-refractivity contribution in [1.29, 1.82) is 0 Å². The lowest BCUT2D eigenvalue weighted by Gasteiger charge is -2.07. The molecule has 0 bridgehead atoms. The van der Waals surface area contributed by atoms with Crippen LogP contribution in [0.1, 0.15) is 30.4 Å². The van der Waals surface area contributed by atoms with E-state index in [0.29, 0.717) is 6.54 Å². The molecule has 164 valence electrons. The lowest BCUT2D eigenvalue weighted by atomic mass is 10.1. The molecule has 2 aromatic carbocycles. The Kier molecular flexibility index (Phi) is 5.39. The summed E-state index contributed by atoms with van der Waals surface area (Å²) < 4.78 is 15.1. The van der Waals surface area contributed by atoms with Crippen LogP contribution < -0.4 is 4.74 Å². The van der Waals surface area contributed by atoms with Gasteiger partial charge in [-0.05, 0) is 49.2 Å². The van der Waals surface area contributed by atoms with Crippen LogP contribution in [0.4, 0.5) is 0 Å². The molecule has 0 atom stereocenters. The molecule has 0 N–H and O–H groups in total. The normalized spacial score (nSPS) is 12.8. The summed E-state index contributed by atoms with van der Waals surface area (Å²) in [5.41, 5.74) is 5.57. The molecular weight excluding hydrogens is 404 g/mol. The Morgan fingerprint density at radius 1 is 1.16 bits per heavy atom. The van der Waals surface area contributed by atoms with Gasteiger partial charge in [-0.3, -0.25) is 9.48 Å². The number of aryl methyl sites for hydroxylation is 3. The molecule has 1 aliphatic heterocycles. The van der Waals surface area contributed by atoms with Gasteiger partial charge in [-0.15, -0.1) is 0 Å². The van der Waals surface area contributed by atoms with Crippen molar-refractivity contribution in [3.63, 3.8) is 0 Å². The molecule has 0 spiro atoms. The van der Waals surface area contributed by atoms with Crippen molar-refractivity contribution in [3.8, 4) is 17.0 Å². The second kappa shape index (κ2) is 8.49. The van der Waals surface area contributed by atoms with Crippen LogP contribution in [-0.4, -0.2) is 32.4 Å². The number of fused-ring (bicyclic) bond motifs is 3. The van der Waals surface area contributed by atoms with Gasteiger partial charge in [0.15, 0.2) is 0 Å². The van der Waals surface area contributed by atoms with Gasteiger partial charge < -0.3 is 14.0 Å². The lowest BCUT2D eigenvalue weighted by molar-refractivity contribution is -0.144. The molecule has 0 saturated carbocycles. The Bertz CT molecular complexity index is 1290. The molecule has 0 amide bonds. The first kappa shape index (κ1) is 20.3. The summed E-state index contributed by atoms with van der Waals surface area (Å²) in [6, 6.07) is 15.8. The number of ether oxygens (including phenoxy) is 2. The molecular formula is C25H26N4O3. The van der Waals surface area contributed by atoms with E-state index in [1.807, 2.05) is 54.1 Å². The number of carbonyl (C=O) groups is 1. The average molecular weight is 431 g/mol. The zero-order chi connectivity index (χ0) is 22.1. The highest BCUT2D eigenvalue weighted by atomic mass is 16.5. The Morgan fingerprint density at radius 3 is 2.88 bits per heavy atom. The highest BCUT2D eigenvalue weighted by molar-refractivity contribution is 5.77. The van der Waals surface area contributed by atoms with Crippen LogP contribution in [0.3, 0.4) is 0 Å². The fraction of sp³-hybridized carbons (Fsp3) is 0.320. The monoisotopic (exact) mass is 430 g/mol. The van der Waals surface area contributed by atoms with Crippen molar-refractivity contribution in [3.05, 3.63) is 65.6 Å². The second-order valence-electron chi connectivity index (χ2n) is 7.98. The van der Waals surface area contributed by atoms with Crippen molar-refractivity contribution >= 4 is 17.0 Å². The molecule has 0 aliphatic carbocycles. The number of para-hydroxylation sites is 1. The highest BCUT2D eigenvalue weighted by Gasteiger charge is 2.18. The molecule has 0 fully saturated rings. The van der Waals surface area contributed by atoms with Gasteiger partial charge in [0.05, 0.1) is 36.0 Å². The van der Waals surface area contributed by atoms with Crippen LogP contribution in [0.5, 0.6) is 5.75 Å². The summed E-state index contributed by atoms with van der Waals surface area (Å²) in [5, 5.41) is 4.66. The minimum absolute atomic E-state index is 0.164. The van der Waals surface area contributed by atoms with E-state index in [1.165, 1.54) is 0 Å². The maximum atomic E-state index is 12.6. The van der Waals surface area contributed by atoms with Gasteiger partial charge in [-0.2, -0.15) is 5.10 Å². The smallest absolute Gasteiger partial charge is 0.312 e. The summed E-state index contributed by atoms with van der Waals surface area (Å²) in [5.74, 6) is 1.62. The maximum absolute atomic E-state index is 12.6.